The summed E-state index contributed by atoms with van der Waals surface area (Å²) in [6.07, 6.45) is 0.888. The Balaban J connectivity index is 2.03. The summed E-state index contributed by atoms with van der Waals surface area (Å²) in [5.41, 5.74) is 0.822. The first kappa shape index (κ1) is 10.9. The van der Waals surface area contributed by atoms with E-state index in [1.54, 1.807) is 13.0 Å². The van der Waals surface area contributed by atoms with Crippen LogP contribution in [-0.4, -0.2) is 17.2 Å². The largest absolute Gasteiger partial charge is 0.490 e. The molecule has 0 radical (unpaired) electrons. The fourth-order valence-electron chi connectivity index (χ4n) is 1.92. The molecule has 1 aliphatic rings. The van der Waals surface area contributed by atoms with Crippen LogP contribution in [0.4, 0.5) is 4.39 Å². The Hall–Kier alpha value is -1.58. The lowest BCUT2D eigenvalue weighted by molar-refractivity contribution is -0.141. The van der Waals surface area contributed by atoms with Gasteiger partial charge in [-0.25, -0.2) is 4.39 Å². The molecule has 2 unspecified atom stereocenters. The van der Waals surface area contributed by atoms with E-state index in [0.717, 1.165) is 5.56 Å². The molecule has 1 aliphatic heterocycles. The highest BCUT2D eigenvalue weighted by Crippen LogP contribution is 2.31. The van der Waals surface area contributed by atoms with Crippen molar-refractivity contribution >= 4 is 5.97 Å². The number of carboxylic acids is 1. The van der Waals surface area contributed by atoms with E-state index < -0.39 is 11.9 Å². The Morgan fingerprint density at radius 2 is 2.44 bits per heavy atom. The van der Waals surface area contributed by atoms with Crippen LogP contribution in [0.2, 0.25) is 0 Å². The highest BCUT2D eigenvalue weighted by atomic mass is 19.1. The van der Waals surface area contributed by atoms with Gasteiger partial charge in [-0.2, -0.15) is 0 Å². The Labute approximate surface area is 92.9 Å². The number of benzene rings is 1. The highest BCUT2D eigenvalue weighted by Gasteiger charge is 2.26. The topological polar surface area (TPSA) is 46.5 Å². The van der Waals surface area contributed by atoms with E-state index in [9.17, 15) is 9.18 Å². The number of hydrogen-bond acceptors (Lipinski definition) is 2. The minimum atomic E-state index is -0.828. The number of carbonyl (C=O) groups is 1. The molecule has 86 valence electrons. The average molecular weight is 224 g/mol. The summed E-state index contributed by atoms with van der Waals surface area (Å²) in [6, 6.07) is 4.39. The first-order valence-electron chi connectivity index (χ1n) is 5.24. The molecule has 2 atom stereocenters. The standard InChI is InChI=1S/C12H13FO3/c1-7(12(14)15)4-10-6-8-5-9(13)2-3-11(8)16-10/h2-3,5,7,10H,4,6H2,1H3,(H,14,15). The molecule has 1 aromatic carbocycles. The third-order valence-electron chi connectivity index (χ3n) is 2.80. The lowest BCUT2D eigenvalue weighted by atomic mass is 10.0. The van der Waals surface area contributed by atoms with E-state index in [0.29, 0.717) is 18.6 Å². The summed E-state index contributed by atoms with van der Waals surface area (Å²) in [6.45, 7) is 1.65. The molecule has 4 heteroatoms. The van der Waals surface area contributed by atoms with E-state index in [2.05, 4.69) is 0 Å². The molecule has 0 amide bonds. The number of ether oxygens (including phenoxy) is 1. The van der Waals surface area contributed by atoms with E-state index in [-0.39, 0.29) is 11.9 Å². The Morgan fingerprint density at radius 3 is 3.12 bits per heavy atom. The quantitative estimate of drug-likeness (QED) is 0.856. The molecule has 0 bridgehead atoms. The van der Waals surface area contributed by atoms with Gasteiger partial charge >= 0.3 is 5.97 Å². The third kappa shape index (κ3) is 2.15. The third-order valence-corrected chi connectivity index (χ3v) is 2.80. The normalized spacial score (nSPS) is 20.0. The lowest BCUT2D eigenvalue weighted by Gasteiger charge is -2.12. The van der Waals surface area contributed by atoms with Crippen molar-refractivity contribution in [1.29, 1.82) is 0 Å². The first-order chi connectivity index (χ1) is 7.56. The molecular weight excluding hydrogens is 211 g/mol. The van der Waals surface area contributed by atoms with Gasteiger partial charge in [-0.3, -0.25) is 4.79 Å². The van der Waals surface area contributed by atoms with Gasteiger partial charge in [0.05, 0.1) is 5.92 Å². The van der Waals surface area contributed by atoms with Crippen LogP contribution in [-0.2, 0) is 11.2 Å². The second kappa shape index (κ2) is 4.12. The van der Waals surface area contributed by atoms with Gasteiger partial charge in [-0.15, -0.1) is 0 Å². The van der Waals surface area contributed by atoms with E-state index in [4.69, 9.17) is 9.84 Å². The van der Waals surface area contributed by atoms with Crippen LogP contribution in [0, 0.1) is 11.7 Å². The highest BCUT2D eigenvalue weighted by molar-refractivity contribution is 5.69. The fraction of sp³-hybridized carbons (Fsp3) is 0.417. The minimum absolute atomic E-state index is 0.150. The second-order valence-corrected chi connectivity index (χ2v) is 4.17. The van der Waals surface area contributed by atoms with Gasteiger partial charge in [0.1, 0.15) is 17.7 Å². The molecule has 16 heavy (non-hydrogen) atoms. The molecule has 0 saturated carbocycles. The number of rotatable bonds is 3. The minimum Gasteiger partial charge on any atom is -0.490 e. The zero-order valence-electron chi connectivity index (χ0n) is 8.94. The average Bonchev–Trinajstić information content (AvgIpc) is 2.58. The Bertz CT molecular complexity index is 417. The van der Waals surface area contributed by atoms with Crippen LogP contribution < -0.4 is 4.74 Å². The van der Waals surface area contributed by atoms with E-state index >= 15 is 0 Å². The van der Waals surface area contributed by atoms with Crippen molar-refractivity contribution in [1.82, 2.24) is 0 Å². The maximum Gasteiger partial charge on any atom is 0.306 e. The second-order valence-electron chi connectivity index (χ2n) is 4.17. The zero-order chi connectivity index (χ0) is 11.7. The predicted molar refractivity (Wildman–Crippen MR) is 55.9 cm³/mol. The number of halogens is 1. The molecule has 0 spiro atoms. The molecule has 1 aromatic rings. The number of hydrogen-bond donors (Lipinski definition) is 1. The van der Waals surface area contributed by atoms with Gasteiger partial charge in [-0.05, 0) is 24.6 Å². The van der Waals surface area contributed by atoms with Gasteiger partial charge in [0.15, 0.2) is 0 Å². The van der Waals surface area contributed by atoms with Crippen molar-refractivity contribution in [3.63, 3.8) is 0 Å². The van der Waals surface area contributed by atoms with Crippen LogP contribution in [0.3, 0.4) is 0 Å². The summed E-state index contributed by atoms with van der Waals surface area (Å²) >= 11 is 0. The maximum atomic E-state index is 12.9. The fourth-order valence-corrected chi connectivity index (χ4v) is 1.92. The van der Waals surface area contributed by atoms with Gasteiger partial charge in [0, 0.05) is 12.0 Å². The van der Waals surface area contributed by atoms with Crippen molar-refractivity contribution in [3.05, 3.63) is 29.6 Å². The van der Waals surface area contributed by atoms with Crippen molar-refractivity contribution in [2.75, 3.05) is 0 Å². The molecule has 0 saturated heterocycles. The Morgan fingerprint density at radius 1 is 1.69 bits per heavy atom. The number of fused-ring (bicyclic) bond motifs is 1. The van der Waals surface area contributed by atoms with E-state index in [1.165, 1.54) is 12.1 Å². The SMILES string of the molecule is CC(CC1Cc2cc(F)ccc2O1)C(=O)O. The molecule has 1 heterocycles. The molecule has 0 aromatic heterocycles. The monoisotopic (exact) mass is 224 g/mol. The summed E-state index contributed by atoms with van der Waals surface area (Å²) in [7, 11) is 0. The van der Waals surface area contributed by atoms with Gasteiger partial charge in [-0.1, -0.05) is 6.92 Å². The van der Waals surface area contributed by atoms with Crippen LogP contribution >= 0.6 is 0 Å². The Kier molecular flexibility index (Phi) is 2.81. The van der Waals surface area contributed by atoms with Crippen LogP contribution in [0.25, 0.3) is 0 Å². The molecule has 2 rings (SSSR count). The smallest absolute Gasteiger partial charge is 0.306 e. The van der Waals surface area contributed by atoms with Gasteiger partial charge < -0.3 is 9.84 Å². The van der Waals surface area contributed by atoms with Crippen molar-refractivity contribution < 1.29 is 19.0 Å². The molecule has 3 nitrogen and oxygen atoms in total. The van der Waals surface area contributed by atoms with Gasteiger partial charge in [0.25, 0.3) is 0 Å². The molecular formula is C12H13FO3. The van der Waals surface area contributed by atoms with Crippen LogP contribution in [0.1, 0.15) is 18.9 Å². The number of aliphatic carboxylic acids is 1. The first-order valence-corrected chi connectivity index (χ1v) is 5.24. The molecule has 0 fully saturated rings. The number of carboxylic acid groups (broad SMARTS) is 1. The predicted octanol–water partition coefficient (Wildman–Crippen LogP) is 2.24. The molecule has 0 aliphatic carbocycles. The lowest BCUT2D eigenvalue weighted by Crippen LogP contribution is -2.21. The summed E-state index contributed by atoms with van der Waals surface area (Å²) in [5, 5.41) is 8.79. The van der Waals surface area contributed by atoms with Gasteiger partial charge in [0.2, 0.25) is 0 Å². The van der Waals surface area contributed by atoms with Crippen molar-refractivity contribution in [3.8, 4) is 5.75 Å². The zero-order valence-corrected chi connectivity index (χ0v) is 8.94. The summed E-state index contributed by atoms with van der Waals surface area (Å²) in [5.74, 6) is -0.881. The van der Waals surface area contributed by atoms with Crippen molar-refractivity contribution in [2.45, 2.75) is 25.9 Å². The van der Waals surface area contributed by atoms with Crippen LogP contribution in [0.15, 0.2) is 18.2 Å². The molecule has 1 N–H and O–H groups in total. The van der Waals surface area contributed by atoms with Crippen LogP contribution in [0.5, 0.6) is 5.75 Å². The summed E-state index contributed by atoms with van der Waals surface area (Å²) in [4.78, 5) is 10.7. The van der Waals surface area contributed by atoms with Crippen molar-refractivity contribution in [2.24, 2.45) is 5.92 Å². The summed E-state index contributed by atoms with van der Waals surface area (Å²) < 4.78 is 18.5. The van der Waals surface area contributed by atoms with E-state index in [1.807, 2.05) is 0 Å². The maximum absolute atomic E-state index is 12.9.